The Labute approximate surface area is 106 Å². The zero-order valence-electron chi connectivity index (χ0n) is 11.5. The van der Waals surface area contributed by atoms with Crippen LogP contribution in [-0.4, -0.2) is 4.57 Å². The molecule has 0 N–H and O–H groups in total. The summed E-state index contributed by atoms with van der Waals surface area (Å²) in [6.07, 6.45) is 1.80. The molecule has 0 atom stereocenters. The molecule has 1 aromatic heterocycles. The molecule has 2 aromatic rings. The van der Waals surface area contributed by atoms with Crippen molar-refractivity contribution >= 4 is 10.8 Å². The van der Waals surface area contributed by atoms with E-state index in [1.807, 2.05) is 0 Å². The maximum atomic E-state index is 13.7. The number of aromatic nitrogens is 1. The van der Waals surface area contributed by atoms with Gasteiger partial charge in [-0.2, -0.15) is 0 Å². The van der Waals surface area contributed by atoms with E-state index in [2.05, 4.69) is 20.8 Å². The number of benzene rings is 1. The Morgan fingerprint density at radius 3 is 2.33 bits per heavy atom. The lowest BCUT2D eigenvalue weighted by atomic mass is 9.84. The van der Waals surface area contributed by atoms with Gasteiger partial charge in [-0.15, -0.1) is 0 Å². The monoisotopic (exact) mass is 247 g/mol. The van der Waals surface area contributed by atoms with E-state index in [4.69, 9.17) is 0 Å². The molecule has 0 radical (unpaired) electrons. The summed E-state index contributed by atoms with van der Waals surface area (Å²) in [4.78, 5) is 12.1. The van der Waals surface area contributed by atoms with Gasteiger partial charge < -0.3 is 4.57 Å². The molecule has 96 valence electrons. The molecule has 0 saturated heterocycles. The van der Waals surface area contributed by atoms with Crippen molar-refractivity contribution in [2.24, 2.45) is 7.05 Å². The lowest BCUT2D eigenvalue weighted by Crippen LogP contribution is -2.22. The van der Waals surface area contributed by atoms with Gasteiger partial charge in [-0.3, -0.25) is 4.79 Å². The minimum Gasteiger partial charge on any atom is -0.318 e. The van der Waals surface area contributed by atoms with Crippen molar-refractivity contribution in [3.8, 4) is 0 Å². The van der Waals surface area contributed by atoms with Gasteiger partial charge in [0.25, 0.3) is 5.56 Å². The van der Waals surface area contributed by atoms with E-state index >= 15 is 0 Å². The Morgan fingerprint density at radius 1 is 1.17 bits per heavy atom. The van der Waals surface area contributed by atoms with Crippen molar-refractivity contribution in [2.45, 2.75) is 33.1 Å². The summed E-state index contributed by atoms with van der Waals surface area (Å²) in [5.41, 5.74) is 1.27. The molecule has 1 heterocycles. The average molecular weight is 247 g/mol. The summed E-state index contributed by atoms with van der Waals surface area (Å²) in [7, 11) is 1.73. The Balaban J connectivity index is 3.02. The first-order valence-corrected chi connectivity index (χ1v) is 6.02. The number of pyridine rings is 1. The second kappa shape index (κ2) is 3.94. The molecule has 0 aliphatic carbocycles. The summed E-state index contributed by atoms with van der Waals surface area (Å²) >= 11 is 0. The highest BCUT2D eigenvalue weighted by molar-refractivity contribution is 5.86. The molecule has 18 heavy (non-hydrogen) atoms. The first-order valence-electron chi connectivity index (χ1n) is 6.02. The predicted molar refractivity (Wildman–Crippen MR) is 72.6 cm³/mol. The number of fused-ring (bicyclic) bond motifs is 1. The van der Waals surface area contributed by atoms with E-state index in [0.29, 0.717) is 16.3 Å². The fraction of sp³-hybridized carbons (Fsp3) is 0.400. The summed E-state index contributed by atoms with van der Waals surface area (Å²) in [6, 6.07) is 3.12. The summed E-state index contributed by atoms with van der Waals surface area (Å²) < 4.78 is 15.3. The standard InChI is InChI=1S/C15H18FNO/c1-9-6-11-10(7-13(9)16)12(15(2,3)4)8-17(5)14(11)18/h6-8H,1-5H3. The molecule has 2 rings (SSSR count). The molecule has 0 amide bonds. The minimum absolute atomic E-state index is 0.0823. The van der Waals surface area contributed by atoms with E-state index in [9.17, 15) is 9.18 Å². The molecule has 2 nitrogen and oxygen atoms in total. The highest BCUT2D eigenvalue weighted by atomic mass is 19.1. The smallest absolute Gasteiger partial charge is 0.258 e. The van der Waals surface area contributed by atoms with Gasteiger partial charge in [0.1, 0.15) is 5.82 Å². The largest absolute Gasteiger partial charge is 0.318 e. The number of hydrogen-bond acceptors (Lipinski definition) is 1. The van der Waals surface area contributed by atoms with E-state index in [1.54, 1.807) is 30.8 Å². The lowest BCUT2D eigenvalue weighted by molar-refractivity contribution is 0.585. The van der Waals surface area contributed by atoms with E-state index in [1.165, 1.54) is 6.07 Å². The van der Waals surface area contributed by atoms with Gasteiger partial charge in [-0.25, -0.2) is 4.39 Å². The quantitative estimate of drug-likeness (QED) is 0.700. The van der Waals surface area contributed by atoms with Gasteiger partial charge in [-0.1, -0.05) is 20.8 Å². The van der Waals surface area contributed by atoms with Gasteiger partial charge in [0.05, 0.1) is 0 Å². The van der Waals surface area contributed by atoms with Crippen LogP contribution in [0.2, 0.25) is 0 Å². The van der Waals surface area contributed by atoms with Crippen LogP contribution in [0.15, 0.2) is 23.1 Å². The van der Waals surface area contributed by atoms with Crippen molar-refractivity contribution in [2.75, 3.05) is 0 Å². The van der Waals surface area contributed by atoms with Gasteiger partial charge in [0, 0.05) is 18.6 Å². The minimum atomic E-state index is -0.263. The van der Waals surface area contributed by atoms with E-state index in [-0.39, 0.29) is 16.8 Å². The third kappa shape index (κ3) is 1.94. The molecule has 3 heteroatoms. The topological polar surface area (TPSA) is 22.0 Å². The van der Waals surface area contributed by atoms with Crippen molar-refractivity contribution < 1.29 is 4.39 Å². The number of nitrogens with zero attached hydrogens (tertiary/aromatic N) is 1. The third-order valence-electron chi connectivity index (χ3n) is 3.27. The first kappa shape index (κ1) is 12.8. The number of aryl methyl sites for hydroxylation is 2. The summed E-state index contributed by atoms with van der Waals surface area (Å²) in [6.45, 7) is 7.86. The van der Waals surface area contributed by atoms with Crippen LogP contribution in [0, 0.1) is 12.7 Å². The normalized spacial score (nSPS) is 12.1. The number of halogens is 1. The Bertz CT molecular complexity index is 677. The van der Waals surface area contributed by atoms with E-state index in [0.717, 1.165) is 5.56 Å². The van der Waals surface area contributed by atoms with Crippen molar-refractivity contribution in [3.63, 3.8) is 0 Å². The van der Waals surface area contributed by atoms with Crippen LogP contribution in [0.4, 0.5) is 4.39 Å². The Hall–Kier alpha value is -1.64. The summed E-state index contributed by atoms with van der Waals surface area (Å²) in [5.74, 6) is -0.263. The lowest BCUT2D eigenvalue weighted by Gasteiger charge is -2.22. The van der Waals surface area contributed by atoms with Crippen LogP contribution in [0.25, 0.3) is 10.8 Å². The van der Waals surface area contributed by atoms with Crippen molar-refractivity contribution in [1.82, 2.24) is 4.57 Å². The molecule has 0 bridgehead atoms. The molecule has 0 spiro atoms. The van der Waals surface area contributed by atoms with Crippen LogP contribution < -0.4 is 5.56 Å². The fourth-order valence-corrected chi connectivity index (χ4v) is 2.19. The maximum Gasteiger partial charge on any atom is 0.258 e. The molecule has 1 aromatic carbocycles. The van der Waals surface area contributed by atoms with Crippen LogP contribution in [0.1, 0.15) is 31.9 Å². The highest BCUT2D eigenvalue weighted by Gasteiger charge is 2.20. The second-order valence-electron chi connectivity index (χ2n) is 5.86. The molecular formula is C15H18FNO. The molecule has 0 fully saturated rings. The average Bonchev–Trinajstić information content (AvgIpc) is 2.25. The molecule has 0 aliphatic rings. The number of hydrogen-bond donors (Lipinski definition) is 0. The zero-order valence-corrected chi connectivity index (χ0v) is 11.5. The highest BCUT2D eigenvalue weighted by Crippen LogP contribution is 2.29. The SMILES string of the molecule is Cc1cc2c(=O)n(C)cc(C(C)(C)C)c2cc1F. The molecule has 0 unspecified atom stereocenters. The zero-order chi connectivity index (χ0) is 13.7. The van der Waals surface area contributed by atoms with Gasteiger partial charge >= 0.3 is 0 Å². The Morgan fingerprint density at radius 2 is 1.78 bits per heavy atom. The second-order valence-corrected chi connectivity index (χ2v) is 5.86. The maximum absolute atomic E-state index is 13.7. The first-order chi connectivity index (χ1) is 8.21. The molecule has 0 saturated carbocycles. The van der Waals surface area contributed by atoms with Crippen LogP contribution >= 0.6 is 0 Å². The van der Waals surface area contributed by atoms with Crippen molar-refractivity contribution in [1.29, 1.82) is 0 Å². The predicted octanol–water partition coefficient (Wildman–Crippen LogP) is 3.28. The third-order valence-corrected chi connectivity index (χ3v) is 3.27. The van der Waals surface area contributed by atoms with Gasteiger partial charge in [0.2, 0.25) is 0 Å². The Kier molecular flexibility index (Phi) is 2.80. The van der Waals surface area contributed by atoms with Gasteiger partial charge in [0.15, 0.2) is 0 Å². The summed E-state index contributed by atoms with van der Waals surface area (Å²) in [5, 5.41) is 1.30. The van der Waals surface area contributed by atoms with E-state index < -0.39 is 0 Å². The van der Waals surface area contributed by atoms with Crippen LogP contribution in [0.3, 0.4) is 0 Å². The van der Waals surface area contributed by atoms with Crippen molar-refractivity contribution in [3.05, 3.63) is 45.6 Å². The fourth-order valence-electron chi connectivity index (χ4n) is 2.19. The molecule has 0 aliphatic heterocycles. The number of rotatable bonds is 0. The van der Waals surface area contributed by atoms with Gasteiger partial charge in [-0.05, 0) is 41.0 Å². The molecular weight excluding hydrogens is 229 g/mol. The van der Waals surface area contributed by atoms with Crippen LogP contribution in [0.5, 0.6) is 0 Å². The van der Waals surface area contributed by atoms with Crippen LogP contribution in [-0.2, 0) is 12.5 Å².